The van der Waals surface area contributed by atoms with Gasteiger partial charge in [-0.05, 0) is 36.3 Å². The molecule has 0 saturated heterocycles. The largest absolute Gasteiger partial charge is 0.490 e. The smallest absolute Gasteiger partial charge is 0.306 e. The van der Waals surface area contributed by atoms with Crippen molar-refractivity contribution < 1.29 is 22.1 Å². The van der Waals surface area contributed by atoms with E-state index >= 15 is 0 Å². The number of ether oxygens (including phenoxy) is 1. The van der Waals surface area contributed by atoms with Gasteiger partial charge in [0.25, 0.3) is 5.91 Å². The van der Waals surface area contributed by atoms with Crippen molar-refractivity contribution in [1.82, 2.24) is 4.90 Å². The zero-order valence-corrected chi connectivity index (χ0v) is 18.9. The molecule has 0 aliphatic carbocycles. The molecule has 32 heavy (non-hydrogen) atoms. The summed E-state index contributed by atoms with van der Waals surface area (Å²) in [4.78, 5) is 18.4. The van der Waals surface area contributed by atoms with E-state index in [9.17, 15) is 13.2 Å². The SMILES string of the molecule is CCOc1cc(/C=C2/C(=N)N3C(c4ccccc4)=CSC3=NC2=O)ccc1OS(C)(=O)=O. The van der Waals surface area contributed by atoms with Gasteiger partial charge in [-0.2, -0.15) is 13.4 Å². The first kappa shape index (κ1) is 21.8. The van der Waals surface area contributed by atoms with Crippen LogP contribution in [0.5, 0.6) is 11.5 Å². The van der Waals surface area contributed by atoms with Gasteiger partial charge in [0.15, 0.2) is 16.7 Å². The molecular weight excluding hydrogens is 450 g/mol. The Morgan fingerprint density at radius 1 is 1.16 bits per heavy atom. The zero-order chi connectivity index (χ0) is 22.9. The average Bonchev–Trinajstić information content (AvgIpc) is 3.16. The molecule has 1 amide bonds. The molecular formula is C22H19N3O5S2. The van der Waals surface area contributed by atoms with Crippen molar-refractivity contribution in [2.24, 2.45) is 4.99 Å². The van der Waals surface area contributed by atoms with Gasteiger partial charge >= 0.3 is 10.1 Å². The standard InChI is InChI=1S/C22H19N3O5S2/c1-3-29-19-12-14(9-10-18(19)30-32(2,27)28)11-16-20(23)25-17(15-7-5-4-6-8-15)13-31-22(25)24-21(16)26/h4-13,23H,3H2,1-2H3/b16-11-,23-20?. The van der Waals surface area contributed by atoms with Crippen molar-refractivity contribution in [3.05, 3.63) is 70.6 Å². The molecule has 0 atom stereocenters. The third kappa shape index (κ3) is 4.46. The van der Waals surface area contributed by atoms with Crippen molar-refractivity contribution in [3.8, 4) is 11.5 Å². The highest BCUT2D eigenvalue weighted by Gasteiger charge is 2.36. The number of rotatable bonds is 6. The minimum absolute atomic E-state index is 0.00882. The van der Waals surface area contributed by atoms with Gasteiger partial charge in [-0.25, -0.2) is 0 Å². The molecule has 2 aromatic carbocycles. The Balaban J connectivity index is 1.70. The number of aliphatic imine (C=N–C) groups is 1. The van der Waals surface area contributed by atoms with E-state index in [2.05, 4.69) is 4.99 Å². The van der Waals surface area contributed by atoms with Crippen LogP contribution in [-0.2, 0) is 14.9 Å². The summed E-state index contributed by atoms with van der Waals surface area (Å²) in [5.41, 5.74) is 2.32. The second-order valence-corrected chi connectivity index (χ2v) is 9.27. The second kappa shape index (κ2) is 8.64. The molecule has 0 unspecified atom stereocenters. The van der Waals surface area contributed by atoms with Gasteiger partial charge in [0.1, 0.15) is 5.84 Å². The first-order valence-corrected chi connectivity index (χ1v) is 12.3. The number of fused-ring (bicyclic) bond motifs is 1. The van der Waals surface area contributed by atoms with Crippen LogP contribution in [0.4, 0.5) is 0 Å². The molecule has 1 N–H and O–H groups in total. The van der Waals surface area contributed by atoms with Crippen LogP contribution in [0.25, 0.3) is 11.8 Å². The molecule has 2 aromatic rings. The molecule has 0 fully saturated rings. The van der Waals surface area contributed by atoms with Gasteiger partial charge in [-0.15, -0.1) is 0 Å². The summed E-state index contributed by atoms with van der Waals surface area (Å²) in [6, 6.07) is 14.2. The van der Waals surface area contributed by atoms with Crippen molar-refractivity contribution in [3.63, 3.8) is 0 Å². The lowest BCUT2D eigenvalue weighted by atomic mass is 10.1. The average molecular weight is 470 g/mol. The minimum atomic E-state index is -3.73. The molecule has 0 bridgehead atoms. The van der Waals surface area contributed by atoms with Crippen LogP contribution in [0, 0.1) is 5.41 Å². The van der Waals surface area contributed by atoms with Crippen LogP contribution < -0.4 is 8.92 Å². The van der Waals surface area contributed by atoms with Crippen LogP contribution in [0.15, 0.2) is 64.5 Å². The Morgan fingerprint density at radius 2 is 1.91 bits per heavy atom. The van der Waals surface area contributed by atoms with Crippen molar-refractivity contribution in [2.45, 2.75) is 6.92 Å². The molecule has 0 radical (unpaired) electrons. The van der Waals surface area contributed by atoms with Gasteiger partial charge in [0, 0.05) is 5.41 Å². The number of carbonyl (C=O) groups is 1. The highest BCUT2D eigenvalue weighted by molar-refractivity contribution is 8.17. The van der Waals surface area contributed by atoms with E-state index in [0.717, 1.165) is 17.5 Å². The number of hydrogen-bond donors (Lipinski definition) is 1. The minimum Gasteiger partial charge on any atom is -0.490 e. The zero-order valence-electron chi connectivity index (χ0n) is 17.2. The molecule has 2 aliphatic heterocycles. The van der Waals surface area contributed by atoms with Gasteiger partial charge in [0.05, 0.1) is 24.1 Å². The van der Waals surface area contributed by atoms with Crippen LogP contribution in [0.3, 0.4) is 0 Å². The molecule has 0 aromatic heterocycles. The molecule has 0 saturated carbocycles. The number of nitrogens with one attached hydrogen (secondary N) is 1. The fourth-order valence-corrected chi connectivity index (χ4v) is 4.55. The normalized spacial score (nSPS) is 17.2. The second-order valence-electron chi connectivity index (χ2n) is 6.86. The molecule has 2 aliphatic rings. The highest BCUT2D eigenvalue weighted by Crippen LogP contribution is 2.37. The van der Waals surface area contributed by atoms with E-state index in [0.29, 0.717) is 17.3 Å². The molecule has 4 rings (SSSR count). The first-order chi connectivity index (χ1) is 15.3. The van der Waals surface area contributed by atoms with Gasteiger partial charge in [0.2, 0.25) is 0 Å². The summed E-state index contributed by atoms with van der Waals surface area (Å²) < 4.78 is 33.5. The summed E-state index contributed by atoms with van der Waals surface area (Å²) in [6.07, 6.45) is 2.48. The Kier molecular flexibility index (Phi) is 5.90. The summed E-state index contributed by atoms with van der Waals surface area (Å²) in [5.74, 6) is -0.250. The predicted molar refractivity (Wildman–Crippen MR) is 125 cm³/mol. The number of hydrogen-bond acceptors (Lipinski definition) is 7. The molecule has 164 valence electrons. The van der Waals surface area contributed by atoms with Crippen molar-refractivity contribution in [2.75, 3.05) is 12.9 Å². The summed E-state index contributed by atoms with van der Waals surface area (Å²) in [5, 5.41) is 11.0. The van der Waals surface area contributed by atoms with E-state index in [1.807, 2.05) is 35.7 Å². The summed E-state index contributed by atoms with van der Waals surface area (Å²) >= 11 is 1.29. The third-order valence-corrected chi connectivity index (χ3v) is 5.81. The molecule has 10 heteroatoms. The van der Waals surface area contributed by atoms with E-state index in [-0.39, 0.29) is 22.9 Å². The maximum absolute atomic E-state index is 12.7. The Morgan fingerprint density at radius 3 is 2.59 bits per heavy atom. The lowest BCUT2D eigenvalue weighted by molar-refractivity contribution is -0.114. The highest BCUT2D eigenvalue weighted by atomic mass is 32.2. The quantitative estimate of drug-likeness (QED) is 0.507. The van der Waals surface area contributed by atoms with Crippen LogP contribution in [0.1, 0.15) is 18.1 Å². The lowest BCUT2D eigenvalue weighted by Crippen LogP contribution is -2.38. The van der Waals surface area contributed by atoms with E-state index in [1.165, 1.54) is 23.9 Å². The number of amidine groups is 2. The maximum Gasteiger partial charge on any atom is 0.306 e. The van der Waals surface area contributed by atoms with E-state index < -0.39 is 16.0 Å². The first-order valence-electron chi connectivity index (χ1n) is 9.59. The topological polar surface area (TPSA) is 109 Å². The summed E-state index contributed by atoms with van der Waals surface area (Å²) in [6.45, 7) is 2.05. The van der Waals surface area contributed by atoms with Gasteiger partial charge < -0.3 is 8.92 Å². The number of thioether (sulfide) groups is 1. The number of nitrogens with zero attached hydrogens (tertiary/aromatic N) is 2. The number of amides is 1. The Bertz CT molecular complexity index is 1300. The maximum atomic E-state index is 12.7. The number of carbonyl (C=O) groups excluding carboxylic acids is 1. The summed E-state index contributed by atoms with van der Waals surface area (Å²) in [7, 11) is -3.73. The van der Waals surface area contributed by atoms with E-state index in [1.54, 1.807) is 24.0 Å². The lowest BCUT2D eigenvalue weighted by Gasteiger charge is -2.27. The fourth-order valence-electron chi connectivity index (χ4n) is 3.20. The molecule has 2 heterocycles. The molecule has 8 nitrogen and oxygen atoms in total. The monoisotopic (exact) mass is 469 g/mol. The fraction of sp³-hybridized carbons (Fsp3) is 0.136. The van der Waals surface area contributed by atoms with Gasteiger partial charge in [-0.3, -0.25) is 15.1 Å². The number of benzene rings is 2. The van der Waals surface area contributed by atoms with Crippen LogP contribution in [-0.4, -0.2) is 43.1 Å². The van der Waals surface area contributed by atoms with E-state index in [4.69, 9.17) is 14.3 Å². The van der Waals surface area contributed by atoms with Crippen molar-refractivity contribution in [1.29, 1.82) is 5.41 Å². The van der Waals surface area contributed by atoms with Crippen molar-refractivity contribution >= 4 is 50.6 Å². The predicted octanol–water partition coefficient (Wildman–Crippen LogP) is 3.73. The Hall–Kier alpha value is -3.37. The van der Waals surface area contributed by atoms with Gasteiger partial charge in [-0.1, -0.05) is 48.2 Å². The van der Waals surface area contributed by atoms with Crippen LogP contribution in [0.2, 0.25) is 0 Å². The third-order valence-electron chi connectivity index (χ3n) is 4.50. The van der Waals surface area contributed by atoms with Crippen LogP contribution >= 0.6 is 11.8 Å². The molecule has 0 spiro atoms. The Labute approximate surface area is 189 Å².